The molecule has 7 heteroatoms. The zero-order chi connectivity index (χ0) is 7.78. The van der Waals surface area contributed by atoms with Crippen molar-refractivity contribution in [1.29, 1.82) is 0 Å². The molecular formula is C3HF3N2OS. The highest BCUT2D eigenvalue weighted by Crippen LogP contribution is 2.26. The molecule has 10 heavy (non-hydrogen) atoms. The summed E-state index contributed by atoms with van der Waals surface area (Å²) in [5, 5.41) is 4.62. The summed E-state index contributed by atoms with van der Waals surface area (Å²) >= 11 is 4.22. The number of hydrogen-bond acceptors (Lipinski definition) is 3. The monoisotopic (exact) mass is 170 g/mol. The van der Waals surface area contributed by atoms with Crippen molar-refractivity contribution in [2.24, 2.45) is 0 Å². The molecule has 1 rings (SSSR count). The third kappa shape index (κ3) is 1.35. The number of hydrogen-bond donors (Lipinski definition) is 1. The van der Waals surface area contributed by atoms with E-state index in [9.17, 15) is 13.2 Å². The summed E-state index contributed by atoms with van der Waals surface area (Å²) in [5.74, 6) is -1.35. The van der Waals surface area contributed by atoms with Crippen molar-refractivity contribution in [3.05, 3.63) is 10.7 Å². The fourth-order valence-electron chi connectivity index (χ4n) is 0.351. The van der Waals surface area contributed by atoms with Gasteiger partial charge in [-0.3, -0.25) is 0 Å². The standard InChI is InChI=1S/C3HF3N2OS/c4-3(5,6)1-7-8-2(10)9-1/h(H,8,10). The lowest BCUT2D eigenvalue weighted by atomic mass is 10.7. The largest absolute Gasteiger partial charge is 0.470 e. The lowest BCUT2D eigenvalue weighted by Gasteiger charge is -1.95. The van der Waals surface area contributed by atoms with E-state index in [0.29, 0.717) is 0 Å². The van der Waals surface area contributed by atoms with Crippen LogP contribution in [0.3, 0.4) is 0 Å². The number of H-pyrrole nitrogens is 1. The van der Waals surface area contributed by atoms with E-state index in [1.807, 2.05) is 5.10 Å². The molecule has 0 bridgehead atoms. The molecule has 0 amide bonds. The molecule has 1 N–H and O–H groups in total. The molecule has 0 spiro atoms. The maximum Gasteiger partial charge on any atom is 0.470 e. The Kier molecular flexibility index (Phi) is 1.51. The summed E-state index contributed by atoms with van der Waals surface area (Å²) in [6.07, 6.45) is -4.56. The smallest absolute Gasteiger partial charge is 0.406 e. The van der Waals surface area contributed by atoms with E-state index in [-0.39, 0.29) is 4.84 Å². The Morgan fingerprint density at radius 3 is 2.30 bits per heavy atom. The fraction of sp³-hybridized carbons (Fsp3) is 0.333. The van der Waals surface area contributed by atoms with Crippen LogP contribution in [0.1, 0.15) is 5.89 Å². The van der Waals surface area contributed by atoms with E-state index in [1.165, 1.54) is 0 Å². The molecule has 1 heterocycles. The third-order valence-electron chi connectivity index (χ3n) is 0.681. The number of aromatic nitrogens is 2. The summed E-state index contributed by atoms with van der Waals surface area (Å²) in [4.78, 5) is -0.382. The Morgan fingerprint density at radius 1 is 1.50 bits per heavy atom. The first-order chi connectivity index (χ1) is 4.50. The second-order valence-corrected chi connectivity index (χ2v) is 1.79. The Morgan fingerprint density at radius 2 is 2.10 bits per heavy atom. The molecule has 0 atom stereocenters. The van der Waals surface area contributed by atoms with Gasteiger partial charge in [-0.2, -0.15) is 13.2 Å². The van der Waals surface area contributed by atoms with E-state index in [0.717, 1.165) is 0 Å². The molecule has 0 unspecified atom stereocenters. The minimum absolute atomic E-state index is 0.382. The van der Waals surface area contributed by atoms with Crippen molar-refractivity contribution >= 4 is 12.2 Å². The topological polar surface area (TPSA) is 41.8 Å². The number of nitrogens with one attached hydrogen (secondary N) is 1. The van der Waals surface area contributed by atoms with E-state index < -0.39 is 12.1 Å². The molecule has 0 aliphatic rings. The highest BCUT2D eigenvalue weighted by atomic mass is 32.1. The molecule has 1 aromatic rings. The Hall–Kier alpha value is -0.850. The van der Waals surface area contributed by atoms with Crippen LogP contribution in [0.4, 0.5) is 13.2 Å². The van der Waals surface area contributed by atoms with Crippen LogP contribution >= 0.6 is 12.2 Å². The highest BCUT2D eigenvalue weighted by molar-refractivity contribution is 7.71. The highest BCUT2D eigenvalue weighted by Gasteiger charge is 2.37. The van der Waals surface area contributed by atoms with Gasteiger partial charge in [0.05, 0.1) is 0 Å². The predicted molar refractivity (Wildman–Crippen MR) is 26.7 cm³/mol. The summed E-state index contributed by atoms with van der Waals surface area (Å²) in [5.41, 5.74) is 0. The van der Waals surface area contributed by atoms with Gasteiger partial charge < -0.3 is 4.42 Å². The van der Waals surface area contributed by atoms with Crippen molar-refractivity contribution in [2.45, 2.75) is 6.18 Å². The van der Waals surface area contributed by atoms with Gasteiger partial charge in [0, 0.05) is 0 Å². The van der Waals surface area contributed by atoms with Crippen LogP contribution in [0.5, 0.6) is 0 Å². The molecule has 0 fully saturated rings. The minimum atomic E-state index is -4.56. The summed E-state index contributed by atoms with van der Waals surface area (Å²) in [6, 6.07) is 0. The Bertz CT molecular complexity index is 274. The second kappa shape index (κ2) is 2.08. The zero-order valence-corrected chi connectivity index (χ0v) is 5.21. The Balaban J connectivity index is 3.07. The first-order valence-corrected chi connectivity index (χ1v) is 2.53. The van der Waals surface area contributed by atoms with Crippen LogP contribution in [0.2, 0.25) is 0 Å². The fourth-order valence-corrected chi connectivity index (χ4v) is 0.476. The van der Waals surface area contributed by atoms with E-state index in [2.05, 4.69) is 21.7 Å². The van der Waals surface area contributed by atoms with Crippen molar-refractivity contribution in [3.8, 4) is 0 Å². The van der Waals surface area contributed by atoms with Gasteiger partial charge in [-0.25, -0.2) is 5.10 Å². The van der Waals surface area contributed by atoms with Crippen molar-refractivity contribution < 1.29 is 17.6 Å². The van der Waals surface area contributed by atoms with Crippen LogP contribution < -0.4 is 0 Å². The summed E-state index contributed by atoms with van der Waals surface area (Å²) in [6.45, 7) is 0. The average molecular weight is 170 g/mol. The normalized spacial score (nSPS) is 11.9. The van der Waals surface area contributed by atoms with Gasteiger partial charge >= 0.3 is 12.1 Å². The maximum atomic E-state index is 11.6. The van der Waals surface area contributed by atoms with Crippen LogP contribution in [0.25, 0.3) is 0 Å². The summed E-state index contributed by atoms with van der Waals surface area (Å²) < 4.78 is 38.7. The molecule has 56 valence electrons. The first-order valence-electron chi connectivity index (χ1n) is 2.13. The first kappa shape index (κ1) is 7.26. The molecule has 0 aromatic carbocycles. The molecule has 1 aromatic heterocycles. The van der Waals surface area contributed by atoms with Crippen LogP contribution in [0.15, 0.2) is 4.42 Å². The maximum absolute atomic E-state index is 11.6. The number of rotatable bonds is 0. The van der Waals surface area contributed by atoms with Gasteiger partial charge in [0.25, 0.3) is 4.84 Å². The van der Waals surface area contributed by atoms with Gasteiger partial charge in [-0.1, -0.05) is 0 Å². The zero-order valence-electron chi connectivity index (χ0n) is 4.40. The quantitative estimate of drug-likeness (QED) is 0.603. The molecule has 3 nitrogen and oxygen atoms in total. The number of nitrogens with zero attached hydrogens (tertiary/aromatic N) is 1. The van der Waals surface area contributed by atoms with Gasteiger partial charge in [0.1, 0.15) is 0 Å². The molecule has 0 saturated carbocycles. The van der Waals surface area contributed by atoms with Crippen molar-refractivity contribution in [2.75, 3.05) is 0 Å². The second-order valence-electron chi connectivity index (χ2n) is 1.42. The minimum Gasteiger partial charge on any atom is -0.406 e. The van der Waals surface area contributed by atoms with Gasteiger partial charge in [-0.15, -0.1) is 5.10 Å². The van der Waals surface area contributed by atoms with Crippen molar-refractivity contribution in [3.63, 3.8) is 0 Å². The van der Waals surface area contributed by atoms with Gasteiger partial charge in [0.2, 0.25) is 0 Å². The average Bonchev–Trinajstić information content (AvgIpc) is 2.11. The summed E-state index contributed by atoms with van der Waals surface area (Å²) in [7, 11) is 0. The van der Waals surface area contributed by atoms with Gasteiger partial charge in [-0.05, 0) is 12.2 Å². The molecule has 0 radical (unpaired) electrons. The van der Waals surface area contributed by atoms with E-state index in [1.54, 1.807) is 0 Å². The number of alkyl halides is 3. The van der Waals surface area contributed by atoms with Crippen LogP contribution in [-0.2, 0) is 6.18 Å². The number of aromatic amines is 1. The van der Waals surface area contributed by atoms with Crippen LogP contribution in [0, 0.1) is 4.84 Å². The molecular weight excluding hydrogens is 169 g/mol. The molecule has 0 saturated heterocycles. The Labute approximate surface area is 57.9 Å². The van der Waals surface area contributed by atoms with E-state index >= 15 is 0 Å². The third-order valence-corrected chi connectivity index (χ3v) is 0.855. The van der Waals surface area contributed by atoms with Crippen molar-refractivity contribution in [1.82, 2.24) is 10.2 Å². The predicted octanol–water partition coefficient (Wildman–Crippen LogP) is 1.75. The number of halogens is 3. The SMILES string of the molecule is FC(F)(F)c1n[nH]c(=S)o1. The van der Waals surface area contributed by atoms with Gasteiger partial charge in [0.15, 0.2) is 0 Å². The molecule has 0 aliphatic carbocycles. The van der Waals surface area contributed by atoms with Crippen LogP contribution in [-0.4, -0.2) is 10.2 Å². The van der Waals surface area contributed by atoms with E-state index in [4.69, 9.17) is 0 Å². The lowest BCUT2D eigenvalue weighted by Crippen LogP contribution is -2.04. The lowest BCUT2D eigenvalue weighted by molar-refractivity contribution is -0.157. The molecule has 0 aliphatic heterocycles.